The zero-order chi connectivity index (χ0) is 13.1. The van der Waals surface area contributed by atoms with Gasteiger partial charge in [0.1, 0.15) is 5.75 Å². The van der Waals surface area contributed by atoms with Crippen LogP contribution in [0.4, 0.5) is 0 Å². The lowest BCUT2D eigenvalue weighted by atomic mass is 10.2. The molecule has 102 valence electrons. The van der Waals surface area contributed by atoms with Crippen molar-refractivity contribution < 1.29 is 9.84 Å². The molecular formula is C14H24N2O2. The van der Waals surface area contributed by atoms with Crippen molar-refractivity contribution in [3.05, 3.63) is 29.8 Å². The van der Waals surface area contributed by atoms with Crippen molar-refractivity contribution in [1.29, 1.82) is 0 Å². The first kappa shape index (κ1) is 15.0. The summed E-state index contributed by atoms with van der Waals surface area (Å²) in [5.74, 6) is 0.925. The highest BCUT2D eigenvalue weighted by Crippen LogP contribution is 2.11. The van der Waals surface area contributed by atoms with Gasteiger partial charge in [0.15, 0.2) is 0 Å². The first-order valence-electron chi connectivity index (χ1n) is 6.61. The van der Waals surface area contributed by atoms with E-state index in [2.05, 4.69) is 22.8 Å². The Balaban J connectivity index is 2.08. The summed E-state index contributed by atoms with van der Waals surface area (Å²) in [4.78, 5) is 0. The number of aliphatic hydroxyl groups excluding tert-OH is 1. The highest BCUT2D eigenvalue weighted by molar-refractivity contribution is 5.27. The van der Waals surface area contributed by atoms with Gasteiger partial charge in [-0.25, -0.2) is 0 Å². The Morgan fingerprint density at radius 1 is 1.06 bits per heavy atom. The quantitative estimate of drug-likeness (QED) is 0.547. The van der Waals surface area contributed by atoms with E-state index in [-0.39, 0.29) is 6.61 Å². The van der Waals surface area contributed by atoms with E-state index in [1.807, 2.05) is 19.1 Å². The van der Waals surface area contributed by atoms with E-state index >= 15 is 0 Å². The molecule has 0 heterocycles. The van der Waals surface area contributed by atoms with Crippen LogP contribution < -0.4 is 15.4 Å². The highest BCUT2D eigenvalue weighted by atomic mass is 16.5. The topological polar surface area (TPSA) is 53.5 Å². The van der Waals surface area contributed by atoms with Crippen molar-refractivity contribution in [2.75, 3.05) is 32.8 Å². The van der Waals surface area contributed by atoms with Gasteiger partial charge in [-0.2, -0.15) is 0 Å². The normalized spacial score (nSPS) is 10.6. The van der Waals surface area contributed by atoms with Gasteiger partial charge in [-0.1, -0.05) is 12.1 Å². The van der Waals surface area contributed by atoms with Gasteiger partial charge in [0.2, 0.25) is 0 Å². The van der Waals surface area contributed by atoms with Crippen LogP contribution >= 0.6 is 0 Å². The van der Waals surface area contributed by atoms with Crippen LogP contribution in [0.5, 0.6) is 5.75 Å². The number of hydrogen-bond acceptors (Lipinski definition) is 4. The maximum absolute atomic E-state index is 8.59. The number of nitrogens with one attached hydrogen (secondary N) is 2. The van der Waals surface area contributed by atoms with Crippen LogP contribution in [0.3, 0.4) is 0 Å². The van der Waals surface area contributed by atoms with E-state index in [0.29, 0.717) is 13.2 Å². The molecule has 0 spiro atoms. The summed E-state index contributed by atoms with van der Waals surface area (Å²) in [7, 11) is 0. The Labute approximate surface area is 109 Å². The largest absolute Gasteiger partial charge is 0.494 e. The Morgan fingerprint density at radius 3 is 2.44 bits per heavy atom. The van der Waals surface area contributed by atoms with Gasteiger partial charge in [-0.15, -0.1) is 0 Å². The van der Waals surface area contributed by atoms with Gasteiger partial charge in [0, 0.05) is 13.1 Å². The smallest absolute Gasteiger partial charge is 0.119 e. The van der Waals surface area contributed by atoms with Crippen LogP contribution in [-0.4, -0.2) is 38.0 Å². The second kappa shape index (κ2) is 9.88. The van der Waals surface area contributed by atoms with E-state index in [1.54, 1.807) is 0 Å². The molecule has 0 radical (unpaired) electrons. The van der Waals surface area contributed by atoms with Crippen molar-refractivity contribution in [3.63, 3.8) is 0 Å². The lowest BCUT2D eigenvalue weighted by Crippen LogP contribution is -2.23. The predicted molar refractivity (Wildman–Crippen MR) is 73.9 cm³/mol. The van der Waals surface area contributed by atoms with Gasteiger partial charge in [0.05, 0.1) is 13.2 Å². The molecular weight excluding hydrogens is 228 g/mol. The Bertz CT molecular complexity index is 301. The highest BCUT2D eigenvalue weighted by Gasteiger charge is 1.95. The third-order valence-electron chi connectivity index (χ3n) is 2.56. The summed E-state index contributed by atoms with van der Waals surface area (Å²) < 4.78 is 5.39. The monoisotopic (exact) mass is 252 g/mol. The average Bonchev–Trinajstić information content (AvgIpc) is 2.40. The molecule has 3 N–H and O–H groups in total. The first-order chi connectivity index (χ1) is 8.86. The number of benzene rings is 1. The van der Waals surface area contributed by atoms with Gasteiger partial charge in [-0.3, -0.25) is 0 Å². The number of aliphatic hydroxyl groups is 1. The van der Waals surface area contributed by atoms with Crippen molar-refractivity contribution >= 4 is 0 Å². The van der Waals surface area contributed by atoms with E-state index < -0.39 is 0 Å². The molecule has 4 heteroatoms. The van der Waals surface area contributed by atoms with E-state index in [9.17, 15) is 0 Å². The van der Waals surface area contributed by atoms with Crippen LogP contribution in [0.2, 0.25) is 0 Å². The van der Waals surface area contributed by atoms with Crippen molar-refractivity contribution in [2.45, 2.75) is 19.9 Å². The summed E-state index contributed by atoms with van der Waals surface area (Å²) in [5, 5.41) is 15.1. The van der Waals surface area contributed by atoms with Crippen LogP contribution in [0.25, 0.3) is 0 Å². The van der Waals surface area contributed by atoms with Crippen LogP contribution in [0.15, 0.2) is 24.3 Å². The fourth-order valence-corrected chi connectivity index (χ4v) is 1.65. The van der Waals surface area contributed by atoms with Gasteiger partial charge < -0.3 is 20.5 Å². The Hall–Kier alpha value is -1.10. The second-order valence-electron chi connectivity index (χ2n) is 4.08. The van der Waals surface area contributed by atoms with Gasteiger partial charge in [-0.05, 0) is 44.1 Å². The Morgan fingerprint density at radius 2 is 1.78 bits per heavy atom. The van der Waals surface area contributed by atoms with Crippen LogP contribution in [0.1, 0.15) is 18.9 Å². The van der Waals surface area contributed by atoms with Gasteiger partial charge in [0.25, 0.3) is 0 Å². The number of hydrogen-bond donors (Lipinski definition) is 3. The van der Waals surface area contributed by atoms with Crippen molar-refractivity contribution in [1.82, 2.24) is 10.6 Å². The van der Waals surface area contributed by atoms with Crippen molar-refractivity contribution in [2.24, 2.45) is 0 Å². The summed E-state index contributed by atoms with van der Waals surface area (Å²) in [6.45, 7) is 6.38. The lowest BCUT2D eigenvalue weighted by Gasteiger charge is -2.07. The standard InChI is InChI=1S/C14H24N2O2/c1-2-18-14-6-4-13(5-7-14)12-16-9-3-8-15-10-11-17/h4-7,15-17H,2-3,8-12H2,1H3. The van der Waals surface area contributed by atoms with Gasteiger partial charge >= 0.3 is 0 Å². The minimum absolute atomic E-state index is 0.208. The fraction of sp³-hybridized carbons (Fsp3) is 0.571. The molecule has 0 aliphatic carbocycles. The van der Waals surface area contributed by atoms with Crippen LogP contribution in [-0.2, 0) is 6.54 Å². The minimum atomic E-state index is 0.208. The summed E-state index contributed by atoms with van der Waals surface area (Å²) in [6.07, 6.45) is 1.07. The number of ether oxygens (including phenoxy) is 1. The number of rotatable bonds is 10. The third kappa shape index (κ3) is 6.59. The van der Waals surface area contributed by atoms with Crippen molar-refractivity contribution in [3.8, 4) is 5.75 Å². The van der Waals surface area contributed by atoms with E-state index in [0.717, 1.165) is 31.8 Å². The van der Waals surface area contributed by atoms with E-state index in [1.165, 1.54) is 5.56 Å². The average molecular weight is 252 g/mol. The molecule has 0 bridgehead atoms. The molecule has 0 saturated heterocycles. The zero-order valence-corrected chi connectivity index (χ0v) is 11.1. The maximum atomic E-state index is 8.59. The van der Waals surface area contributed by atoms with Crippen LogP contribution in [0, 0.1) is 0 Å². The SMILES string of the molecule is CCOc1ccc(CNCCCNCCO)cc1. The summed E-state index contributed by atoms with van der Waals surface area (Å²) >= 11 is 0. The molecule has 1 aromatic rings. The first-order valence-corrected chi connectivity index (χ1v) is 6.61. The maximum Gasteiger partial charge on any atom is 0.119 e. The third-order valence-corrected chi connectivity index (χ3v) is 2.56. The molecule has 0 atom stereocenters. The molecule has 0 aliphatic heterocycles. The molecule has 0 saturated carbocycles. The van der Waals surface area contributed by atoms with E-state index in [4.69, 9.17) is 9.84 Å². The fourth-order valence-electron chi connectivity index (χ4n) is 1.65. The molecule has 0 aliphatic rings. The molecule has 1 aromatic carbocycles. The molecule has 0 fully saturated rings. The Kier molecular flexibility index (Phi) is 8.21. The predicted octanol–water partition coefficient (Wildman–Crippen LogP) is 1.15. The minimum Gasteiger partial charge on any atom is -0.494 e. The molecule has 0 amide bonds. The zero-order valence-electron chi connectivity index (χ0n) is 11.1. The summed E-state index contributed by atoms with van der Waals surface area (Å²) in [6, 6.07) is 8.18. The summed E-state index contributed by atoms with van der Waals surface area (Å²) in [5.41, 5.74) is 1.27. The molecule has 0 unspecified atom stereocenters. The molecule has 0 aromatic heterocycles. The molecule has 1 rings (SSSR count). The lowest BCUT2D eigenvalue weighted by molar-refractivity contribution is 0.292. The molecule has 4 nitrogen and oxygen atoms in total. The molecule has 18 heavy (non-hydrogen) atoms. The second-order valence-corrected chi connectivity index (χ2v) is 4.08.